The fourth-order valence-corrected chi connectivity index (χ4v) is 5.59. The van der Waals surface area contributed by atoms with Crippen LogP contribution in [-0.4, -0.2) is 47.3 Å². The predicted molar refractivity (Wildman–Crippen MR) is 103 cm³/mol. The Morgan fingerprint density at radius 2 is 2.03 bits per heavy atom. The highest BCUT2D eigenvalue weighted by Crippen LogP contribution is 2.33. The van der Waals surface area contributed by atoms with Crippen molar-refractivity contribution in [2.45, 2.75) is 45.1 Å². The number of fused-ring (bicyclic) bond motifs is 1. The average molecular weight is 460 g/mol. The van der Waals surface area contributed by atoms with Crippen LogP contribution in [0.15, 0.2) is 24.4 Å². The third-order valence-electron chi connectivity index (χ3n) is 5.60. The van der Waals surface area contributed by atoms with Crippen LogP contribution in [0.2, 0.25) is 0 Å². The van der Waals surface area contributed by atoms with Gasteiger partial charge in [-0.25, -0.2) is 12.8 Å². The van der Waals surface area contributed by atoms with Gasteiger partial charge in [-0.3, -0.25) is 13.8 Å². The highest BCUT2D eigenvalue weighted by Gasteiger charge is 2.37. The molecule has 1 fully saturated rings. The molecule has 1 saturated heterocycles. The van der Waals surface area contributed by atoms with E-state index in [4.69, 9.17) is 0 Å². The Labute approximate surface area is 176 Å². The minimum absolute atomic E-state index is 0.0444. The molecule has 0 radical (unpaired) electrons. The lowest BCUT2D eigenvalue weighted by Gasteiger charge is -2.35. The largest absolute Gasteiger partial charge is 0.419 e. The second-order valence-corrected chi connectivity index (χ2v) is 9.77. The number of carbonyl (C=O) groups excluding carboxylic acids is 1. The molecule has 31 heavy (non-hydrogen) atoms. The van der Waals surface area contributed by atoms with Crippen LogP contribution >= 0.6 is 0 Å². The molecule has 0 N–H and O–H groups in total. The van der Waals surface area contributed by atoms with Crippen molar-refractivity contribution in [1.29, 1.82) is 0 Å². The first-order valence-electron chi connectivity index (χ1n) is 9.67. The Morgan fingerprint density at radius 3 is 2.68 bits per heavy atom. The van der Waals surface area contributed by atoms with Gasteiger partial charge in [0.25, 0.3) is 0 Å². The lowest BCUT2D eigenvalue weighted by atomic mass is 10.1. The van der Waals surface area contributed by atoms with Crippen molar-refractivity contribution < 1.29 is 30.8 Å². The van der Waals surface area contributed by atoms with Crippen molar-refractivity contribution in [2.24, 2.45) is 0 Å². The lowest BCUT2D eigenvalue weighted by molar-refractivity contribution is -0.140. The van der Waals surface area contributed by atoms with Crippen LogP contribution in [0, 0.1) is 5.82 Å². The van der Waals surface area contributed by atoms with Crippen molar-refractivity contribution in [2.75, 3.05) is 16.6 Å². The summed E-state index contributed by atoms with van der Waals surface area (Å²) in [6.07, 6.45) is -3.23. The SMILES string of the molecule is C[C@H]1Cn2ncc(N3CCCS3(=O)=O)c2CN1C(=O)Cc1ccc(F)c(C(F)(F)F)c1. The molecule has 4 rings (SSSR count). The number of benzene rings is 1. The van der Waals surface area contributed by atoms with Gasteiger partial charge in [0, 0.05) is 12.6 Å². The normalized spacial score (nSPS) is 20.7. The number of nitrogens with zero attached hydrogens (tertiary/aromatic N) is 4. The average Bonchev–Trinajstić information content (AvgIpc) is 3.23. The Bertz CT molecular complexity index is 1130. The molecular weight excluding hydrogens is 440 g/mol. The third-order valence-corrected chi connectivity index (χ3v) is 7.45. The number of hydrogen-bond donors (Lipinski definition) is 0. The molecule has 3 heterocycles. The summed E-state index contributed by atoms with van der Waals surface area (Å²) in [5.74, 6) is -1.78. The first kappa shape index (κ1) is 21.6. The van der Waals surface area contributed by atoms with E-state index in [-0.39, 0.29) is 30.3 Å². The van der Waals surface area contributed by atoms with E-state index in [1.807, 2.05) is 0 Å². The van der Waals surface area contributed by atoms with Crippen LogP contribution < -0.4 is 4.31 Å². The second kappa shape index (κ2) is 7.50. The van der Waals surface area contributed by atoms with Gasteiger partial charge in [0.15, 0.2) is 0 Å². The maximum atomic E-state index is 13.5. The molecule has 1 aromatic carbocycles. The summed E-state index contributed by atoms with van der Waals surface area (Å²) < 4.78 is 80.0. The van der Waals surface area contributed by atoms with Gasteiger partial charge in [-0.2, -0.15) is 18.3 Å². The molecule has 0 bridgehead atoms. The van der Waals surface area contributed by atoms with Crippen LogP contribution in [0.4, 0.5) is 23.2 Å². The molecule has 12 heteroatoms. The standard InChI is InChI=1S/C19H20F4N4O3S/c1-12-10-26-17(16(9-24-26)27-5-2-6-31(27,29)30)11-25(12)18(28)8-13-3-4-15(20)14(7-13)19(21,22)23/h3-4,7,9,12H,2,5-6,8,10-11H2,1H3/t12-/m0/s1. The Kier molecular flexibility index (Phi) is 5.23. The molecule has 1 amide bonds. The quantitative estimate of drug-likeness (QED) is 0.660. The zero-order chi connectivity index (χ0) is 22.6. The molecule has 1 atom stereocenters. The van der Waals surface area contributed by atoms with E-state index >= 15 is 0 Å². The van der Waals surface area contributed by atoms with Crippen molar-refractivity contribution in [1.82, 2.24) is 14.7 Å². The molecule has 2 aromatic rings. The van der Waals surface area contributed by atoms with Crippen LogP contribution in [0.5, 0.6) is 0 Å². The Morgan fingerprint density at radius 1 is 1.29 bits per heavy atom. The number of aromatic nitrogens is 2. The van der Waals surface area contributed by atoms with Crippen LogP contribution in [-0.2, 0) is 40.5 Å². The minimum atomic E-state index is -4.86. The zero-order valence-electron chi connectivity index (χ0n) is 16.6. The molecular formula is C19H20F4N4O3S. The van der Waals surface area contributed by atoms with Crippen LogP contribution in [0.1, 0.15) is 30.2 Å². The number of alkyl halides is 3. The predicted octanol–water partition coefficient (Wildman–Crippen LogP) is 2.55. The van der Waals surface area contributed by atoms with Crippen molar-refractivity contribution in [3.8, 4) is 0 Å². The van der Waals surface area contributed by atoms with E-state index in [0.717, 1.165) is 6.07 Å². The molecule has 2 aliphatic heterocycles. The number of halogens is 4. The fraction of sp³-hybridized carbons (Fsp3) is 0.474. The summed E-state index contributed by atoms with van der Waals surface area (Å²) in [7, 11) is -3.43. The van der Waals surface area contributed by atoms with E-state index in [2.05, 4.69) is 5.10 Å². The molecule has 168 valence electrons. The van der Waals surface area contributed by atoms with Crippen molar-refractivity contribution >= 4 is 21.6 Å². The van der Waals surface area contributed by atoms with Gasteiger partial charge in [0.1, 0.15) is 5.82 Å². The summed E-state index contributed by atoms with van der Waals surface area (Å²) >= 11 is 0. The van der Waals surface area contributed by atoms with Gasteiger partial charge in [-0.05, 0) is 31.0 Å². The van der Waals surface area contributed by atoms with E-state index in [1.54, 1.807) is 11.6 Å². The van der Waals surface area contributed by atoms with E-state index in [1.165, 1.54) is 15.4 Å². The summed E-state index contributed by atoms with van der Waals surface area (Å²) in [4.78, 5) is 14.4. The summed E-state index contributed by atoms with van der Waals surface area (Å²) in [5.41, 5.74) is -0.383. The number of sulfonamides is 1. The highest BCUT2D eigenvalue weighted by atomic mass is 32.2. The maximum Gasteiger partial charge on any atom is 0.419 e. The summed E-state index contributed by atoms with van der Waals surface area (Å²) in [6.45, 7) is 2.52. The number of rotatable bonds is 3. The van der Waals surface area contributed by atoms with Crippen LogP contribution in [0.25, 0.3) is 0 Å². The first-order valence-corrected chi connectivity index (χ1v) is 11.3. The summed E-state index contributed by atoms with van der Waals surface area (Å²) in [6, 6.07) is 2.21. The van der Waals surface area contributed by atoms with Gasteiger partial charge >= 0.3 is 6.18 Å². The van der Waals surface area contributed by atoms with E-state index in [9.17, 15) is 30.8 Å². The first-order chi connectivity index (χ1) is 14.5. The van der Waals surface area contributed by atoms with Gasteiger partial charge in [0.2, 0.25) is 15.9 Å². The molecule has 0 spiro atoms. The number of anilines is 1. The smallest absolute Gasteiger partial charge is 0.332 e. The van der Waals surface area contributed by atoms with Gasteiger partial charge in [-0.1, -0.05) is 6.07 Å². The topological polar surface area (TPSA) is 75.5 Å². The fourth-order valence-electron chi connectivity index (χ4n) is 4.02. The molecule has 2 aliphatic rings. The minimum Gasteiger partial charge on any atom is -0.332 e. The third kappa shape index (κ3) is 4.00. The Hall–Kier alpha value is -2.63. The van der Waals surface area contributed by atoms with Crippen LogP contribution in [0.3, 0.4) is 0 Å². The molecule has 1 aromatic heterocycles. The molecule has 7 nitrogen and oxygen atoms in total. The maximum absolute atomic E-state index is 13.5. The Balaban J connectivity index is 1.57. The number of hydrogen-bond acceptors (Lipinski definition) is 4. The number of carbonyl (C=O) groups is 1. The highest BCUT2D eigenvalue weighted by molar-refractivity contribution is 7.93. The second-order valence-electron chi connectivity index (χ2n) is 7.76. The van der Waals surface area contributed by atoms with Gasteiger partial charge < -0.3 is 4.90 Å². The van der Waals surface area contributed by atoms with Gasteiger partial charge in [-0.15, -0.1) is 0 Å². The van der Waals surface area contributed by atoms with E-state index in [0.29, 0.717) is 43.0 Å². The van der Waals surface area contributed by atoms with Gasteiger partial charge in [0.05, 0.1) is 48.4 Å². The lowest BCUT2D eigenvalue weighted by Crippen LogP contribution is -2.46. The molecule has 0 saturated carbocycles. The number of amides is 1. The monoisotopic (exact) mass is 460 g/mol. The van der Waals surface area contributed by atoms with Crippen molar-refractivity contribution in [3.63, 3.8) is 0 Å². The zero-order valence-corrected chi connectivity index (χ0v) is 17.4. The molecule has 0 unspecified atom stereocenters. The van der Waals surface area contributed by atoms with E-state index < -0.39 is 33.5 Å². The summed E-state index contributed by atoms with van der Waals surface area (Å²) in [5, 5.41) is 4.25. The molecule has 0 aliphatic carbocycles. The van der Waals surface area contributed by atoms with Crippen molar-refractivity contribution in [3.05, 3.63) is 47.0 Å².